The van der Waals surface area contributed by atoms with Crippen molar-refractivity contribution in [1.82, 2.24) is 4.98 Å². The lowest BCUT2D eigenvalue weighted by molar-refractivity contribution is 0.355. The van der Waals surface area contributed by atoms with Gasteiger partial charge in [0.15, 0.2) is 11.5 Å². The summed E-state index contributed by atoms with van der Waals surface area (Å²) in [7, 11) is 3.13. The SMILES string of the molecule is COc1ccc(-c2ncc(CN)s2)c(Cl)c1OC. The molecule has 4 nitrogen and oxygen atoms in total. The number of hydrogen-bond donors (Lipinski definition) is 1. The topological polar surface area (TPSA) is 57.4 Å². The minimum atomic E-state index is 0.475. The molecule has 0 spiro atoms. The average Bonchev–Trinajstić information content (AvgIpc) is 2.86. The maximum Gasteiger partial charge on any atom is 0.180 e. The minimum absolute atomic E-state index is 0.475. The number of nitrogens with zero attached hydrogens (tertiary/aromatic N) is 1. The normalized spacial score (nSPS) is 10.4. The molecule has 0 saturated heterocycles. The van der Waals surface area contributed by atoms with Gasteiger partial charge >= 0.3 is 0 Å². The van der Waals surface area contributed by atoms with E-state index in [9.17, 15) is 0 Å². The van der Waals surface area contributed by atoms with Crippen LogP contribution in [0.5, 0.6) is 11.5 Å². The summed E-state index contributed by atoms with van der Waals surface area (Å²) in [6.07, 6.45) is 1.76. The zero-order valence-electron chi connectivity index (χ0n) is 10.1. The Hall–Kier alpha value is -1.30. The van der Waals surface area contributed by atoms with E-state index in [4.69, 9.17) is 26.8 Å². The van der Waals surface area contributed by atoms with Crippen LogP contribution in [0.3, 0.4) is 0 Å². The summed E-state index contributed by atoms with van der Waals surface area (Å²) in [6.45, 7) is 0.475. The van der Waals surface area contributed by atoms with Crippen LogP contribution in [0, 0.1) is 0 Å². The molecule has 6 heteroatoms. The molecule has 2 rings (SSSR count). The van der Waals surface area contributed by atoms with Crippen molar-refractivity contribution in [2.45, 2.75) is 6.54 Å². The van der Waals surface area contributed by atoms with Crippen LogP contribution in [0.4, 0.5) is 0 Å². The Morgan fingerprint density at radius 1 is 1.33 bits per heavy atom. The van der Waals surface area contributed by atoms with Crippen molar-refractivity contribution >= 4 is 22.9 Å². The van der Waals surface area contributed by atoms with Gasteiger partial charge in [0.2, 0.25) is 0 Å². The summed E-state index contributed by atoms with van der Waals surface area (Å²) in [5.41, 5.74) is 6.39. The Morgan fingerprint density at radius 2 is 2.11 bits per heavy atom. The summed E-state index contributed by atoms with van der Waals surface area (Å²) in [5, 5.41) is 1.32. The fraction of sp³-hybridized carbons (Fsp3) is 0.250. The predicted octanol–water partition coefficient (Wildman–Crippen LogP) is 2.94. The smallest absolute Gasteiger partial charge is 0.180 e. The highest BCUT2D eigenvalue weighted by atomic mass is 35.5. The van der Waals surface area contributed by atoms with E-state index in [0.717, 1.165) is 15.4 Å². The van der Waals surface area contributed by atoms with Crippen molar-refractivity contribution in [1.29, 1.82) is 0 Å². The molecule has 0 aliphatic heterocycles. The van der Waals surface area contributed by atoms with E-state index in [0.29, 0.717) is 23.1 Å². The summed E-state index contributed by atoms with van der Waals surface area (Å²) in [4.78, 5) is 5.32. The van der Waals surface area contributed by atoms with Gasteiger partial charge in [0, 0.05) is 23.2 Å². The first-order valence-corrected chi connectivity index (χ1v) is 6.46. The van der Waals surface area contributed by atoms with Crippen molar-refractivity contribution in [2.24, 2.45) is 5.73 Å². The van der Waals surface area contributed by atoms with Crippen LogP contribution in [-0.4, -0.2) is 19.2 Å². The Balaban J connectivity index is 2.51. The molecule has 1 heterocycles. The number of rotatable bonds is 4. The van der Waals surface area contributed by atoms with E-state index >= 15 is 0 Å². The maximum atomic E-state index is 6.31. The third-order valence-electron chi connectivity index (χ3n) is 2.47. The Bertz CT molecular complexity index is 557. The predicted molar refractivity (Wildman–Crippen MR) is 73.6 cm³/mol. The van der Waals surface area contributed by atoms with Crippen molar-refractivity contribution in [3.8, 4) is 22.1 Å². The lowest BCUT2D eigenvalue weighted by atomic mass is 10.2. The molecule has 2 aromatic rings. The van der Waals surface area contributed by atoms with Gasteiger partial charge in [0.25, 0.3) is 0 Å². The van der Waals surface area contributed by atoms with Gasteiger partial charge in [-0.25, -0.2) is 4.98 Å². The van der Waals surface area contributed by atoms with Gasteiger partial charge in [-0.15, -0.1) is 11.3 Å². The molecule has 0 saturated carbocycles. The van der Waals surface area contributed by atoms with E-state index in [-0.39, 0.29) is 0 Å². The molecule has 1 aromatic heterocycles. The maximum absolute atomic E-state index is 6.31. The Morgan fingerprint density at radius 3 is 2.67 bits per heavy atom. The second-order valence-corrected chi connectivity index (χ2v) is 4.99. The fourth-order valence-electron chi connectivity index (χ4n) is 1.58. The highest BCUT2D eigenvalue weighted by Gasteiger charge is 2.16. The quantitative estimate of drug-likeness (QED) is 0.938. The molecule has 0 bridgehead atoms. The lowest BCUT2D eigenvalue weighted by Gasteiger charge is -2.11. The molecule has 0 unspecified atom stereocenters. The molecule has 18 heavy (non-hydrogen) atoms. The monoisotopic (exact) mass is 284 g/mol. The third kappa shape index (κ3) is 2.29. The van der Waals surface area contributed by atoms with Crippen LogP contribution < -0.4 is 15.2 Å². The van der Waals surface area contributed by atoms with Crippen molar-refractivity contribution in [3.63, 3.8) is 0 Å². The molecule has 1 aromatic carbocycles. The van der Waals surface area contributed by atoms with E-state index in [2.05, 4.69) is 4.98 Å². The minimum Gasteiger partial charge on any atom is -0.493 e. The summed E-state index contributed by atoms with van der Waals surface area (Å²) in [6, 6.07) is 3.67. The largest absolute Gasteiger partial charge is 0.493 e. The molecule has 0 amide bonds. The number of aromatic nitrogens is 1. The summed E-state index contributed by atoms with van der Waals surface area (Å²) in [5.74, 6) is 1.11. The number of methoxy groups -OCH3 is 2. The number of nitrogens with two attached hydrogens (primary N) is 1. The summed E-state index contributed by atoms with van der Waals surface area (Å²) < 4.78 is 10.4. The van der Waals surface area contributed by atoms with Crippen LogP contribution in [0.1, 0.15) is 4.88 Å². The molecule has 96 valence electrons. The number of hydrogen-bond acceptors (Lipinski definition) is 5. The van der Waals surface area contributed by atoms with E-state index < -0.39 is 0 Å². The van der Waals surface area contributed by atoms with Gasteiger partial charge in [0.1, 0.15) is 5.01 Å². The number of benzene rings is 1. The zero-order chi connectivity index (χ0) is 13.1. The number of ether oxygens (including phenoxy) is 2. The van der Waals surface area contributed by atoms with Gasteiger partial charge < -0.3 is 15.2 Å². The van der Waals surface area contributed by atoms with Crippen molar-refractivity contribution < 1.29 is 9.47 Å². The van der Waals surface area contributed by atoms with Gasteiger partial charge in [-0.1, -0.05) is 11.6 Å². The van der Waals surface area contributed by atoms with Crippen LogP contribution in [0.25, 0.3) is 10.6 Å². The lowest BCUT2D eigenvalue weighted by Crippen LogP contribution is -1.92. The standard InChI is InChI=1S/C12H13ClN2O2S/c1-16-9-4-3-8(10(13)11(9)17-2)12-15-6-7(5-14)18-12/h3-4,6H,5,14H2,1-2H3. The van der Waals surface area contributed by atoms with E-state index in [1.54, 1.807) is 20.4 Å². The Labute approximate surface area is 114 Å². The van der Waals surface area contributed by atoms with Gasteiger partial charge in [-0.2, -0.15) is 0 Å². The zero-order valence-corrected chi connectivity index (χ0v) is 11.6. The number of halogens is 1. The summed E-state index contributed by atoms with van der Waals surface area (Å²) >= 11 is 7.83. The molecular weight excluding hydrogens is 272 g/mol. The first-order chi connectivity index (χ1) is 8.71. The molecule has 0 radical (unpaired) electrons. The molecule has 0 fully saturated rings. The van der Waals surface area contributed by atoms with Gasteiger partial charge in [-0.05, 0) is 12.1 Å². The van der Waals surface area contributed by atoms with E-state index in [1.165, 1.54) is 11.3 Å². The second kappa shape index (κ2) is 5.56. The Kier molecular flexibility index (Phi) is 4.06. The van der Waals surface area contributed by atoms with Crippen LogP contribution in [0.15, 0.2) is 18.3 Å². The van der Waals surface area contributed by atoms with Crippen LogP contribution in [0.2, 0.25) is 5.02 Å². The van der Waals surface area contributed by atoms with Gasteiger partial charge in [-0.3, -0.25) is 0 Å². The highest BCUT2D eigenvalue weighted by Crippen LogP contribution is 2.42. The number of thiazole rings is 1. The van der Waals surface area contributed by atoms with Gasteiger partial charge in [0.05, 0.1) is 19.2 Å². The van der Waals surface area contributed by atoms with Crippen molar-refractivity contribution in [3.05, 3.63) is 28.2 Å². The highest BCUT2D eigenvalue weighted by molar-refractivity contribution is 7.15. The molecular formula is C12H13ClN2O2S. The first-order valence-electron chi connectivity index (χ1n) is 5.26. The van der Waals surface area contributed by atoms with E-state index in [1.807, 2.05) is 12.1 Å². The molecule has 0 aliphatic carbocycles. The van der Waals surface area contributed by atoms with Crippen LogP contribution in [-0.2, 0) is 6.54 Å². The molecule has 0 aliphatic rings. The first kappa shape index (κ1) is 13.1. The average molecular weight is 285 g/mol. The molecule has 2 N–H and O–H groups in total. The second-order valence-electron chi connectivity index (χ2n) is 3.50. The van der Waals surface area contributed by atoms with Crippen LogP contribution >= 0.6 is 22.9 Å². The molecule has 0 atom stereocenters. The third-order valence-corrected chi connectivity index (χ3v) is 3.90. The fourth-order valence-corrected chi connectivity index (χ4v) is 2.78. The van der Waals surface area contributed by atoms with Crippen molar-refractivity contribution in [2.75, 3.05) is 14.2 Å².